The number of nitrogens with zero attached hydrogens (tertiary/aromatic N) is 1. The van der Waals surface area contributed by atoms with Gasteiger partial charge in [-0.05, 0) is 50.1 Å². The highest BCUT2D eigenvalue weighted by Gasteiger charge is 2.12. The number of anilines is 2. The zero-order valence-electron chi connectivity index (χ0n) is 11.3. The summed E-state index contributed by atoms with van der Waals surface area (Å²) in [6, 6.07) is 7.25. The van der Waals surface area contributed by atoms with Gasteiger partial charge in [-0.3, -0.25) is 9.78 Å². The van der Waals surface area contributed by atoms with Gasteiger partial charge in [0.05, 0.1) is 11.4 Å². The van der Waals surface area contributed by atoms with Crippen LogP contribution in [0.2, 0.25) is 0 Å². The van der Waals surface area contributed by atoms with Gasteiger partial charge in [0.15, 0.2) is 0 Å². The molecule has 0 aliphatic carbocycles. The fraction of sp³-hybridized carbons (Fsp3) is 0.200. The van der Waals surface area contributed by atoms with Crippen molar-refractivity contribution in [1.29, 1.82) is 0 Å². The average Bonchev–Trinajstić information content (AvgIpc) is 2.36. The summed E-state index contributed by atoms with van der Waals surface area (Å²) in [6.45, 7) is 5.68. The van der Waals surface area contributed by atoms with Crippen molar-refractivity contribution in [1.82, 2.24) is 4.98 Å². The van der Waals surface area contributed by atoms with Gasteiger partial charge in [0, 0.05) is 17.4 Å². The number of carbonyl (C=O) groups excluding carboxylic acids is 1. The molecule has 0 fully saturated rings. The van der Waals surface area contributed by atoms with Crippen LogP contribution < -0.4 is 11.1 Å². The Kier molecular flexibility index (Phi) is 3.51. The number of rotatable bonds is 2. The van der Waals surface area contributed by atoms with E-state index in [1.807, 2.05) is 32.9 Å². The second-order valence-electron chi connectivity index (χ2n) is 4.61. The highest BCUT2D eigenvalue weighted by molar-refractivity contribution is 6.06. The SMILES string of the molecule is Cc1cc(C)c(C(=O)Nc2cccnc2C)cc1N. The first kappa shape index (κ1) is 13.1. The van der Waals surface area contributed by atoms with Crippen LogP contribution in [0.3, 0.4) is 0 Å². The van der Waals surface area contributed by atoms with Gasteiger partial charge in [0.25, 0.3) is 5.91 Å². The second kappa shape index (κ2) is 5.10. The highest BCUT2D eigenvalue weighted by Crippen LogP contribution is 2.19. The van der Waals surface area contributed by atoms with Crippen LogP contribution in [-0.2, 0) is 0 Å². The molecule has 19 heavy (non-hydrogen) atoms. The van der Waals surface area contributed by atoms with E-state index in [1.54, 1.807) is 18.3 Å². The maximum Gasteiger partial charge on any atom is 0.256 e. The van der Waals surface area contributed by atoms with Crippen LogP contribution in [0.5, 0.6) is 0 Å². The number of benzene rings is 1. The molecule has 0 atom stereocenters. The molecular weight excluding hydrogens is 238 g/mol. The number of aryl methyl sites for hydroxylation is 3. The van der Waals surface area contributed by atoms with Crippen LogP contribution >= 0.6 is 0 Å². The fourth-order valence-electron chi connectivity index (χ4n) is 1.92. The van der Waals surface area contributed by atoms with Crippen LogP contribution in [0.1, 0.15) is 27.2 Å². The van der Waals surface area contributed by atoms with E-state index in [0.717, 1.165) is 16.8 Å². The fourth-order valence-corrected chi connectivity index (χ4v) is 1.92. The minimum atomic E-state index is -0.166. The lowest BCUT2D eigenvalue weighted by atomic mass is 10.0. The van der Waals surface area contributed by atoms with E-state index >= 15 is 0 Å². The Balaban J connectivity index is 2.31. The highest BCUT2D eigenvalue weighted by atomic mass is 16.1. The molecule has 98 valence electrons. The molecule has 1 amide bonds. The van der Waals surface area contributed by atoms with Crippen LogP contribution in [-0.4, -0.2) is 10.9 Å². The van der Waals surface area contributed by atoms with Crippen LogP contribution in [0.15, 0.2) is 30.5 Å². The van der Waals surface area contributed by atoms with Gasteiger partial charge in [-0.1, -0.05) is 6.07 Å². The van der Waals surface area contributed by atoms with Gasteiger partial charge in [-0.25, -0.2) is 0 Å². The maximum absolute atomic E-state index is 12.3. The number of hydrogen-bond donors (Lipinski definition) is 2. The quantitative estimate of drug-likeness (QED) is 0.811. The molecule has 2 rings (SSSR count). The number of aromatic nitrogens is 1. The van der Waals surface area contributed by atoms with E-state index < -0.39 is 0 Å². The molecule has 0 bridgehead atoms. The molecule has 0 aliphatic rings. The first-order valence-corrected chi connectivity index (χ1v) is 6.08. The lowest BCUT2D eigenvalue weighted by Gasteiger charge is -2.11. The largest absolute Gasteiger partial charge is 0.398 e. The Morgan fingerprint density at radius 3 is 2.63 bits per heavy atom. The Hall–Kier alpha value is -2.36. The van der Waals surface area contributed by atoms with E-state index in [1.165, 1.54) is 0 Å². The smallest absolute Gasteiger partial charge is 0.256 e. The molecule has 0 unspecified atom stereocenters. The van der Waals surface area contributed by atoms with Gasteiger partial charge in [-0.15, -0.1) is 0 Å². The monoisotopic (exact) mass is 255 g/mol. The summed E-state index contributed by atoms with van der Waals surface area (Å²) in [5, 5.41) is 2.86. The van der Waals surface area contributed by atoms with Crippen molar-refractivity contribution in [3.8, 4) is 0 Å². The number of carbonyl (C=O) groups is 1. The predicted molar refractivity (Wildman–Crippen MR) is 77.3 cm³/mol. The number of nitrogens with two attached hydrogens (primary N) is 1. The summed E-state index contributed by atoms with van der Waals surface area (Å²) >= 11 is 0. The summed E-state index contributed by atoms with van der Waals surface area (Å²) in [4.78, 5) is 16.4. The minimum Gasteiger partial charge on any atom is -0.398 e. The number of amides is 1. The van der Waals surface area contributed by atoms with E-state index in [0.29, 0.717) is 16.9 Å². The molecule has 0 aliphatic heterocycles. The molecule has 0 spiro atoms. The van der Waals surface area contributed by atoms with Crippen molar-refractivity contribution in [2.45, 2.75) is 20.8 Å². The lowest BCUT2D eigenvalue weighted by molar-refractivity contribution is 0.102. The van der Waals surface area contributed by atoms with Crippen LogP contribution in [0, 0.1) is 20.8 Å². The number of nitrogen functional groups attached to an aromatic ring is 1. The Labute approximate surface area is 112 Å². The van der Waals surface area contributed by atoms with Crippen LogP contribution in [0.4, 0.5) is 11.4 Å². The van der Waals surface area contributed by atoms with E-state index in [4.69, 9.17) is 5.73 Å². The number of pyridine rings is 1. The molecule has 3 N–H and O–H groups in total. The van der Waals surface area contributed by atoms with Gasteiger partial charge < -0.3 is 11.1 Å². The van der Waals surface area contributed by atoms with Crippen molar-refractivity contribution < 1.29 is 4.79 Å². The third kappa shape index (κ3) is 2.73. The summed E-state index contributed by atoms with van der Waals surface area (Å²) in [7, 11) is 0. The Bertz CT molecular complexity index is 635. The number of nitrogens with one attached hydrogen (secondary N) is 1. The molecular formula is C15H17N3O. The Morgan fingerprint density at radius 1 is 1.21 bits per heavy atom. The van der Waals surface area contributed by atoms with Crippen molar-refractivity contribution in [2.24, 2.45) is 0 Å². The number of hydrogen-bond acceptors (Lipinski definition) is 3. The molecule has 0 radical (unpaired) electrons. The second-order valence-corrected chi connectivity index (χ2v) is 4.61. The minimum absolute atomic E-state index is 0.166. The summed E-state index contributed by atoms with van der Waals surface area (Å²) < 4.78 is 0. The van der Waals surface area contributed by atoms with Crippen molar-refractivity contribution in [3.63, 3.8) is 0 Å². The average molecular weight is 255 g/mol. The van der Waals surface area contributed by atoms with Crippen molar-refractivity contribution >= 4 is 17.3 Å². The lowest BCUT2D eigenvalue weighted by Crippen LogP contribution is -2.15. The van der Waals surface area contributed by atoms with E-state index in [2.05, 4.69) is 10.3 Å². The molecule has 1 aromatic carbocycles. The molecule has 0 saturated carbocycles. The Morgan fingerprint density at radius 2 is 1.95 bits per heavy atom. The van der Waals surface area contributed by atoms with Gasteiger partial charge in [0.1, 0.15) is 0 Å². The zero-order valence-corrected chi connectivity index (χ0v) is 11.3. The first-order chi connectivity index (χ1) is 8.99. The summed E-state index contributed by atoms with van der Waals surface area (Å²) in [6.07, 6.45) is 1.69. The van der Waals surface area contributed by atoms with E-state index in [9.17, 15) is 4.79 Å². The normalized spacial score (nSPS) is 10.3. The molecule has 4 heteroatoms. The van der Waals surface area contributed by atoms with Crippen molar-refractivity contribution in [3.05, 3.63) is 52.8 Å². The van der Waals surface area contributed by atoms with Gasteiger partial charge in [-0.2, -0.15) is 0 Å². The topological polar surface area (TPSA) is 68.0 Å². The molecule has 1 aromatic heterocycles. The van der Waals surface area contributed by atoms with Gasteiger partial charge in [0.2, 0.25) is 0 Å². The summed E-state index contributed by atoms with van der Waals surface area (Å²) in [5.74, 6) is -0.166. The molecule has 2 aromatic rings. The zero-order chi connectivity index (χ0) is 14.0. The molecule has 4 nitrogen and oxygen atoms in total. The van der Waals surface area contributed by atoms with Crippen molar-refractivity contribution in [2.75, 3.05) is 11.1 Å². The summed E-state index contributed by atoms with van der Waals surface area (Å²) in [5.41, 5.74) is 10.5. The third-order valence-corrected chi connectivity index (χ3v) is 3.11. The standard InChI is InChI=1S/C15H17N3O/c1-9-7-10(2)13(16)8-12(9)15(19)18-14-5-4-6-17-11(14)3/h4-8H,16H2,1-3H3,(H,18,19). The first-order valence-electron chi connectivity index (χ1n) is 6.08. The maximum atomic E-state index is 12.3. The van der Waals surface area contributed by atoms with Crippen LogP contribution in [0.25, 0.3) is 0 Å². The van der Waals surface area contributed by atoms with E-state index in [-0.39, 0.29) is 5.91 Å². The predicted octanol–water partition coefficient (Wildman–Crippen LogP) is 2.84. The van der Waals surface area contributed by atoms with Gasteiger partial charge >= 0.3 is 0 Å². The molecule has 0 saturated heterocycles. The third-order valence-electron chi connectivity index (χ3n) is 3.11. The molecule has 1 heterocycles.